The Morgan fingerprint density at radius 2 is 1.70 bits per heavy atom. The van der Waals surface area contributed by atoms with Crippen molar-refractivity contribution in [1.29, 1.82) is 0 Å². The largest absolute Gasteiger partial charge is 0.493 e. The Bertz CT molecular complexity index is 719. The Morgan fingerprint density at radius 3 is 2.30 bits per heavy atom. The lowest BCUT2D eigenvalue weighted by atomic mass is 10.1. The van der Waals surface area contributed by atoms with Crippen molar-refractivity contribution < 1.29 is 23.0 Å². The molecule has 0 bridgehead atoms. The number of methoxy groups -OCH3 is 2. The van der Waals surface area contributed by atoms with Crippen LogP contribution in [-0.4, -0.2) is 20.1 Å². The number of benzene rings is 2. The zero-order chi connectivity index (χ0) is 17.0. The van der Waals surface area contributed by atoms with E-state index in [0.717, 1.165) is 17.7 Å². The molecule has 4 nitrogen and oxygen atoms in total. The summed E-state index contributed by atoms with van der Waals surface area (Å²) in [4.78, 5) is 12.1. The molecule has 0 spiro atoms. The zero-order valence-electron chi connectivity index (χ0n) is 13.0. The van der Waals surface area contributed by atoms with E-state index in [-0.39, 0.29) is 11.6 Å². The Hall–Kier alpha value is -2.63. The summed E-state index contributed by atoms with van der Waals surface area (Å²) in [5.74, 6) is -1.42. The van der Waals surface area contributed by atoms with Crippen molar-refractivity contribution >= 4 is 5.91 Å². The van der Waals surface area contributed by atoms with Crippen LogP contribution in [0.3, 0.4) is 0 Å². The summed E-state index contributed by atoms with van der Waals surface area (Å²) in [5, 5.41) is 2.72. The molecule has 0 fully saturated rings. The molecule has 2 aromatic rings. The maximum atomic E-state index is 13.2. The maximum Gasteiger partial charge on any atom is 0.251 e. The highest BCUT2D eigenvalue weighted by molar-refractivity contribution is 5.94. The lowest BCUT2D eigenvalue weighted by molar-refractivity contribution is 0.0939. The number of ether oxygens (including phenoxy) is 2. The van der Waals surface area contributed by atoms with E-state index >= 15 is 0 Å². The molecule has 1 amide bonds. The van der Waals surface area contributed by atoms with Crippen molar-refractivity contribution in [3.8, 4) is 11.5 Å². The van der Waals surface area contributed by atoms with Gasteiger partial charge < -0.3 is 14.8 Å². The average molecular weight is 321 g/mol. The number of halogens is 2. The van der Waals surface area contributed by atoms with Gasteiger partial charge in [-0.25, -0.2) is 8.78 Å². The number of hydrogen-bond acceptors (Lipinski definition) is 3. The third-order valence-corrected chi connectivity index (χ3v) is 3.44. The maximum absolute atomic E-state index is 13.2. The van der Waals surface area contributed by atoms with E-state index in [0.29, 0.717) is 11.5 Å². The van der Waals surface area contributed by atoms with Crippen molar-refractivity contribution in [2.24, 2.45) is 0 Å². The summed E-state index contributed by atoms with van der Waals surface area (Å²) in [6, 6.07) is 7.93. The van der Waals surface area contributed by atoms with Crippen LogP contribution in [0, 0.1) is 11.6 Å². The average Bonchev–Trinajstić information content (AvgIpc) is 2.56. The third-order valence-electron chi connectivity index (χ3n) is 3.44. The predicted molar refractivity (Wildman–Crippen MR) is 81.8 cm³/mol. The molecule has 1 atom stereocenters. The summed E-state index contributed by atoms with van der Waals surface area (Å²) in [5.41, 5.74) is 0.842. The van der Waals surface area contributed by atoms with Crippen molar-refractivity contribution in [3.63, 3.8) is 0 Å². The van der Waals surface area contributed by atoms with Gasteiger partial charge >= 0.3 is 0 Å². The quantitative estimate of drug-likeness (QED) is 0.917. The molecule has 2 rings (SSSR count). The molecule has 122 valence electrons. The summed E-state index contributed by atoms with van der Waals surface area (Å²) >= 11 is 0. The van der Waals surface area contributed by atoms with Gasteiger partial charge in [0.15, 0.2) is 23.1 Å². The molecule has 0 radical (unpaired) electrons. The molecule has 0 aliphatic carbocycles. The van der Waals surface area contributed by atoms with Crippen LogP contribution in [0.15, 0.2) is 36.4 Å². The van der Waals surface area contributed by atoms with Crippen LogP contribution in [-0.2, 0) is 0 Å². The molecule has 0 saturated heterocycles. The van der Waals surface area contributed by atoms with Gasteiger partial charge in [-0.1, -0.05) is 6.07 Å². The van der Waals surface area contributed by atoms with Crippen molar-refractivity contribution in [2.45, 2.75) is 13.0 Å². The second-order valence-corrected chi connectivity index (χ2v) is 4.94. The summed E-state index contributed by atoms with van der Waals surface area (Å²) in [6.07, 6.45) is 0. The molecule has 0 aliphatic heterocycles. The molecule has 6 heteroatoms. The second kappa shape index (κ2) is 7.09. The van der Waals surface area contributed by atoms with Gasteiger partial charge in [-0.2, -0.15) is 0 Å². The van der Waals surface area contributed by atoms with E-state index in [1.54, 1.807) is 25.1 Å². The van der Waals surface area contributed by atoms with Crippen LogP contribution < -0.4 is 14.8 Å². The molecule has 1 N–H and O–H groups in total. The fourth-order valence-corrected chi connectivity index (χ4v) is 2.12. The Morgan fingerprint density at radius 1 is 1.00 bits per heavy atom. The first-order valence-electron chi connectivity index (χ1n) is 6.94. The van der Waals surface area contributed by atoms with Crippen molar-refractivity contribution in [2.75, 3.05) is 14.2 Å². The number of carbonyl (C=O) groups excluding carboxylic acids is 1. The molecule has 0 heterocycles. The Labute approximate surface area is 133 Å². The molecule has 0 aliphatic rings. The molecule has 0 aromatic heterocycles. The molecular formula is C17H17F2NO3. The number of rotatable bonds is 5. The van der Waals surface area contributed by atoms with Crippen LogP contribution >= 0.6 is 0 Å². The molecule has 23 heavy (non-hydrogen) atoms. The number of nitrogens with one attached hydrogen (secondary N) is 1. The van der Waals surface area contributed by atoms with E-state index in [1.165, 1.54) is 20.3 Å². The van der Waals surface area contributed by atoms with E-state index < -0.39 is 17.5 Å². The Balaban J connectivity index is 2.16. The van der Waals surface area contributed by atoms with Gasteiger partial charge in [0.05, 0.1) is 20.3 Å². The highest BCUT2D eigenvalue weighted by Crippen LogP contribution is 2.29. The van der Waals surface area contributed by atoms with Gasteiger partial charge in [-0.05, 0) is 42.8 Å². The van der Waals surface area contributed by atoms with Gasteiger partial charge in [0, 0.05) is 5.56 Å². The third kappa shape index (κ3) is 3.77. The van der Waals surface area contributed by atoms with Gasteiger partial charge in [-0.15, -0.1) is 0 Å². The molecule has 0 saturated carbocycles. The SMILES string of the molecule is COc1ccc([C@@H](C)NC(=O)c2ccc(F)c(F)c2)cc1OC. The molecular weight excluding hydrogens is 304 g/mol. The van der Waals surface area contributed by atoms with Gasteiger partial charge in [-0.3, -0.25) is 4.79 Å². The lowest BCUT2D eigenvalue weighted by Crippen LogP contribution is -2.26. The van der Waals surface area contributed by atoms with Crippen molar-refractivity contribution in [1.82, 2.24) is 5.32 Å². The summed E-state index contributed by atoms with van der Waals surface area (Å²) in [6.45, 7) is 1.78. The number of carbonyl (C=O) groups is 1. The topological polar surface area (TPSA) is 47.6 Å². The first-order valence-corrected chi connectivity index (χ1v) is 6.94. The molecule has 0 unspecified atom stereocenters. The summed E-state index contributed by atoms with van der Waals surface area (Å²) in [7, 11) is 3.05. The standard InChI is InChI=1S/C17H17F2NO3/c1-10(11-5-7-15(22-2)16(9-11)23-3)20-17(21)12-4-6-13(18)14(19)8-12/h4-10H,1-3H3,(H,20,21)/t10-/m1/s1. The zero-order valence-corrected chi connectivity index (χ0v) is 13.0. The van der Waals surface area contributed by atoms with Gasteiger partial charge in [0.1, 0.15) is 0 Å². The normalized spacial score (nSPS) is 11.7. The van der Waals surface area contributed by atoms with Crippen LogP contribution in [0.1, 0.15) is 28.9 Å². The van der Waals surface area contributed by atoms with E-state index in [9.17, 15) is 13.6 Å². The molecule has 2 aromatic carbocycles. The smallest absolute Gasteiger partial charge is 0.251 e. The van der Waals surface area contributed by atoms with Crippen molar-refractivity contribution in [3.05, 3.63) is 59.2 Å². The van der Waals surface area contributed by atoms with E-state index in [2.05, 4.69) is 5.32 Å². The fourth-order valence-electron chi connectivity index (χ4n) is 2.12. The van der Waals surface area contributed by atoms with E-state index in [4.69, 9.17) is 9.47 Å². The Kier molecular flexibility index (Phi) is 5.16. The minimum atomic E-state index is -1.06. The second-order valence-electron chi connectivity index (χ2n) is 4.94. The van der Waals surface area contributed by atoms with Gasteiger partial charge in [0.2, 0.25) is 0 Å². The van der Waals surface area contributed by atoms with Crippen LogP contribution in [0.2, 0.25) is 0 Å². The monoisotopic (exact) mass is 321 g/mol. The number of amides is 1. The highest BCUT2D eigenvalue weighted by Gasteiger charge is 2.15. The van der Waals surface area contributed by atoms with Crippen LogP contribution in [0.4, 0.5) is 8.78 Å². The first-order chi connectivity index (χ1) is 11.0. The fraction of sp³-hybridized carbons (Fsp3) is 0.235. The van der Waals surface area contributed by atoms with Crippen LogP contribution in [0.5, 0.6) is 11.5 Å². The predicted octanol–water partition coefficient (Wildman–Crippen LogP) is 3.47. The highest BCUT2D eigenvalue weighted by atomic mass is 19.2. The first kappa shape index (κ1) is 16.7. The summed E-state index contributed by atoms with van der Waals surface area (Å²) < 4.78 is 36.5. The number of hydrogen-bond donors (Lipinski definition) is 1. The van der Waals surface area contributed by atoms with Gasteiger partial charge in [0.25, 0.3) is 5.91 Å². The lowest BCUT2D eigenvalue weighted by Gasteiger charge is -2.16. The van der Waals surface area contributed by atoms with Crippen LogP contribution in [0.25, 0.3) is 0 Å². The minimum absolute atomic E-state index is 0.0521. The minimum Gasteiger partial charge on any atom is -0.493 e. The van der Waals surface area contributed by atoms with E-state index in [1.807, 2.05) is 0 Å².